The molecule has 3 N–H and O–H groups in total. The number of rotatable bonds is 9. The first kappa shape index (κ1) is 27.7. The van der Waals surface area contributed by atoms with Crippen molar-refractivity contribution < 1.29 is 9.53 Å². The van der Waals surface area contributed by atoms with E-state index >= 15 is 0 Å². The van der Waals surface area contributed by atoms with Crippen LogP contribution in [0.25, 0.3) is 0 Å². The highest BCUT2D eigenvalue weighted by Gasteiger charge is 2.25. The van der Waals surface area contributed by atoms with Crippen molar-refractivity contribution in [3.8, 4) is 0 Å². The topological polar surface area (TPSA) is 67.6 Å². The number of ether oxygens (including phenoxy) is 1. The molecule has 5 nitrogen and oxygen atoms in total. The second kappa shape index (κ2) is 12.5. The average Bonchev–Trinajstić information content (AvgIpc) is 3.09. The predicted molar refractivity (Wildman–Crippen MR) is 157 cm³/mol. The Bertz CT molecular complexity index is 1270. The number of carbonyl (C=O) groups excluding carboxylic acids is 1. The van der Waals surface area contributed by atoms with Crippen molar-refractivity contribution in [3.05, 3.63) is 93.5 Å². The molecule has 38 heavy (non-hydrogen) atoms. The minimum atomic E-state index is -0.190. The van der Waals surface area contributed by atoms with Gasteiger partial charge in [0.2, 0.25) is 0 Å². The van der Waals surface area contributed by atoms with E-state index in [-0.39, 0.29) is 18.3 Å². The zero-order valence-electron chi connectivity index (χ0n) is 23.6. The van der Waals surface area contributed by atoms with Gasteiger partial charge in [-0.15, -0.1) is 0 Å². The van der Waals surface area contributed by atoms with Gasteiger partial charge in [-0.2, -0.15) is 0 Å². The molecule has 4 rings (SSSR count). The van der Waals surface area contributed by atoms with Crippen molar-refractivity contribution in [1.82, 2.24) is 4.90 Å². The van der Waals surface area contributed by atoms with Gasteiger partial charge in [0.1, 0.15) is 0 Å². The lowest BCUT2D eigenvalue weighted by molar-refractivity contribution is -0.143. The van der Waals surface area contributed by atoms with Crippen LogP contribution in [-0.2, 0) is 29.0 Å². The normalized spacial score (nSPS) is 16.4. The molecule has 0 aromatic heterocycles. The molecule has 1 aliphatic heterocycles. The number of carbonyl (C=O) groups is 1. The number of nitrogens with one attached hydrogen (secondary N) is 1. The number of nitrogens with two attached hydrogens (primary N) is 1. The van der Waals surface area contributed by atoms with Crippen LogP contribution in [0.3, 0.4) is 0 Å². The number of anilines is 2. The van der Waals surface area contributed by atoms with Crippen LogP contribution in [0.1, 0.15) is 71.6 Å². The maximum atomic E-state index is 12.7. The number of fused-ring (bicyclic) bond motifs is 1. The third-order valence-electron chi connectivity index (χ3n) is 8.16. The van der Waals surface area contributed by atoms with Crippen LogP contribution in [0.2, 0.25) is 0 Å². The number of hydrogen-bond acceptors (Lipinski definition) is 5. The lowest BCUT2D eigenvalue weighted by atomic mass is 9.84. The van der Waals surface area contributed by atoms with Crippen molar-refractivity contribution in [2.24, 2.45) is 5.92 Å². The molecule has 0 fully saturated rings. The summed E-state index contributed by atoms with van der Waals surface area (Å²) in [5.74, 6) is 0.329. The van der Waals surface area contributed by atoms with Gasteiger partial charge in [0.25, 0.3) is 0 Å². The van der Waals surface area contributed by atoms with Gasteiger partial charge in [0, 0.05) is 32.6 Å². The highest BCUT2D eigenvalue weighted by atomic mass is 16.5. The van der Waals surface area contributed by atoms with Crippen LogP contribution in [0.5, 0.6) is 0 Å². The van der Waals surface area contributed by atoms with Crippen molar-refractivity contribution in [1.29, 1.82) is 0 Å². The van der Waals surface area contributed by atoms with Crippen molar-refractivity contribution in [2.75, 3.05) is 31.2 Å². The standard InChI is InChI=1S/C33H43N3O2/c1-6-24-16-25-10-8-9-11-27(25)20-36(19-24)21-28-17-26(13-12-22(28)3)30(18-32(37)38-7-2)29-14-15-31(35-5)33(34)23(29)4/h8-15,17,24,30,35H,6-7,16,18-21,34H2,1-5H3. The minimum absolute atomic E-state index is 0.130. The Kier molecular flexibility index (Phi) is 9.11. The van der Waals surface area contributed by atoms with Gasteiger partial charge in [0.15, 0.2) is 0 Å². The van der Waals surface area contributed by atoms with E-state index in [1.807, 2.05) is 27.0 Å². The van der Waals surface area contributed by atoms with Crippen molar-refractivity contribution >= 4 is 17.3 Å². The molecule has 3 aromatic rings. The Balaban J connectivity index is 1.69. The molecular weight excluding hydrogens is 470 g/mol. The van der Waals surface area contributed by atoms with Crippen LogP contribution >= 0.6 is 0 Å². The third-order valence-corrected chi connectivity index (χ3v) is 8.16. The van der Waals surface area contributed by atoms with E-state index < -0.39 is 0 Å². The Morgan fingerprint density at radius 2 is 1.87 bits per heavy atom. The van der Waals surface area contributed by atoms with Gasteiger partial charge in [0.05, 0.1) is 24.4 Å². The average molecular weight is 514 g/mol. The Morgan fingerprint density at radius 1 is 1.11 bits per heavy atom. The van der Waals surface area contributed by atoms with E-state index in [0.29, 0.717) is 12.5 Å². The van der Waals surface area contributed by atoms with Crippen molar-refractivity contribution in [3.63, 3.8) is 0 Å². The number of hydrogen-bond donors (Lipinski definition) is 2. The summed E-state index contributed by atoms with van der Waals surface area (Å²) in [6.07, 6.45) is 2.60. The number of nitrogen functional groups attached to an aromatic ring is 1. The van der Waals surface area contributed by atoms with E-state index in [4.69, 9.17) is 10.5 Å². The molecule has 1 heterocycles. The van der Waals surface area contributed by atoms with Crippen LogP contribution in [0.4, 0.5) is 11.4 Å². The number of benzene rings is 3. The Hall–Kier alpha value is -3.31. The molecule has 5 heteroatoms. The third kappa shape index (κ3) is 6.21. The fourth-order valence-corrected chi connectivity index (χ4v) is 5.81. The van der Waals surface area contributed by atoms with Gasteiger partial charge in [-0.25, -0.2) is 0 Å². The van der Waals surface area contributed by atoms with Crippen LogP contribution in [0.15, 0.2) is 54.6 Å². The maximum absolute atomic E-state index is 12.7. The molecule has 202 valence electrons. The molecule has 0 saturated heterocycles. The SMILES string of the molecule is CCOC(=O)CC(c1ccc(C)c(CN2Cc3ccccc3CC(CC)C2)c1)c1ccc(NC)c(N)c1C. The molecule has 1 aliphatic rings. The van der Waals surface area contributed by atoms with E-state index in [1.54, 1.807) is 0 Å². The summed E-state index contributed by atoms with van der Waals surface area (Å²) in [7, 11) is 1.87. The summed E-state index contributed by atoms with van der Waals surface area (Å²) in [6.45, 7) is 11.7. The smallest absolute Gasteiger partial charge is 0.306 e. The molecule has 0 saturated carbocycles. The molecule has 0 bridgehead atoms. The monoisotopic (exact) mass is 513 g/mol. The van der Waals surface area contributed by atoms with E-state index in [0.717, 1.165) is 54.1 Å². The van der Waals surface area contributed by atoms with Gasteiger partial charge in [-0.1, -0.05) is 61.9 Å². The quantitative estimate of drug-likeness (QED) is 0.249. The number of nitrogens with zero attached hydrogens (tertiary/aromatic N) is 1. The first-order valence-corrected chi connectivity index (χ1v) is 13.9. The van der Waals surface area contributed by atoms with Crippen LogP contribution in [-0.4, -0.2) is 31.1 Å². The Morgan fingerprint density at radius 3 is 2.58 bits per heavy atom. The molecule has 0 radical (unpaired) electrons. The van der Waals surface area contributed by atoms with E-state index in [9.17, 15) is 4.79 Å². The van der Waals surface area contributed by atoms with E-state index in [1.165, 1.54) is 28.7 Å². The van der Waals surface area contributed by atoms with Gasteiger partial charge in [-0.3, -0.25) is 9.69 Å². The molecule has 0 amide bonds. The van der Waals surface area contributed by atoms with Gasteiger partial charge in [-0.05, 0) is 78.1 Å². The summed E-state index contributed by atoms with van der Waals surface area (Å²) in [6, 6.07) is 19.7. The fourth-order valence-electron chi connectivity index (χ4n) is 5.81. The summed E-state index contributed by atoms with van der Waals surface area (Å²) < 4.78 is 5.39. The predicted octanol–water partition coefficient (Wildman–Crippen LogP) is 6.60. The largest absolute Gasteiger partial charge is 0.466 e. The Labute approximate surface area is 228 Å². The minimum Gasteiger partial charge on any atom is -0.466 e. The molecule has 2 atom stereocenters. The summed E-state index contributed by atoms with van der Waals surface area (Å²) in [5, 5.41) is 3.16. The summed E-state index contributed by atoms with van der Waals surface area (Å²) in [4.78, 5) is 15.3. The van der Waals surface area contributed by atoms with Gasteiger partial charge < -0.3 is 15.8 Å². The molecule has 2 unspecified atom stereocenters. The molecule has 3 aromatic carbocycles. The summed E-state index contributed by atoms with van der Waals surface area (Å²) >= 11 is 0. The highest BCUT2D eigenvalue weighted by molar-refractivity contribution is 5.75. The first-order chi connectivity index (χ1) is 18.3. The second-order valence-corrected chi connectivity index (χ2v) is 10.7. The molecular formula is C33H43N3O2. The molecule has 0 spiro atoms. The van der Waals surface area contributed by atoms with Crippen molar-refractivity contribution in [2.45, 2.75) is 66.0 Å². The number of aryl methyl sites for hydroxylation is 1. The van der Waals surface area contributed by atoms with Gasteiger partial charge >= 0.3 is 5.97 Å². The number of esters is 1. The van der Waals surface area contributed by atoms with Crippen LogP contribution < -0.4 is 11.1 Å². The fraction of sp³-hybridized carbons (Fsp3) is 0.424. The molecule has 0 aliphatic carbocycles. The first-order valence-electron chi connectivity index (χ1n) is 13.9. The second-order valence-electron chi connectivity index (χ2n) is 10.7. The zero-order chi connectivity index (χ0) is 27.2. The lowest BCUT2D eigenvalue weighted by Gasteiger charge is -2.26. The van der Waals surface area contributed by atoms with E-state index in [2.05, 4.69) is 72.6 Å². The van der Waals surface area contributed by atoms with Crippen LogP contribution in [0, 0.1) is 19.8 Å². The highest BCUT2D eigenvalue weighted by Crippen LogP contribution is 2.37. The zero-order valence-corrected chi connectivity index (χ0v) is 23.6. The lowest BCUT2D eigenvalue weighted by Crippen LogP contribution is -2.27. The maximum Gasteiger partial charge on any atom is 0.306 e. The summed E-state index contributed by atoms with van der Waals surface area (Å²) in [5.41, 5.74) is 16.8.